The molecule has 19 heavy (non-hydrogen) atoms. The summed E-state index contributed by atoms with van der Waals surface area (Å²) in [5, 5.41) is 0. The fourth-order valence-corrected chi connectivity index (χ4v) is 2.53. The molecule has 0 bridgehead atoms. The number of nitrogens with zero attached hydrogens (tertiary/aromatic N) is 1. The maximum absolute atomic E-state index is 12.5. The number of aryl methyl sites for hydroxylation is 1. The lowest BCUT2D eigenvalue weighted by Gasteiger charge is -2.32. The number of para-hydroxylation sites is 1. The number of anilines is 1. The maximum atomic E-state index is 12.5. The Hall–Kier alpha value is -2.07. The normalized spacial score (nSPS) is 18.2. The Balaban J connectivity index is 1.99. The van der Waals surface area contributed by atoms with Crippen molar-refractivity contribution in [1.82, 2.24) is 0 Å². The first-order chi connectivity index (χ1) is 9.15. The number of hydrogen-bond donors (Lipinski definition) is 1. The molecule has 1 aliphatic heterocycles. The van der Waals surface area contributed by atoms with Gasteiger partial charge in [-0.05, 0) is 31.0 Å². The zero-order chi connectivity index (χ0) is 13.4. The van der Waals surface area contributed by atoms with Crippen LogP contribution < -0.4 is 10.6 Å². The van der Waals surface area contributed by atoms with Crippen molar-refractivity contribution in [1.29, 1.82) is 0 Å². The Morgan fingerprint density at radius 1 is 1.42 bits per heavy atom. The highest BCUT2D eigenvalue weighted by Crippen LogP contribution is 2.28. The van der Waals surface area contributed by atoms with Gasteiger partial charge in [-0.2, -0.15) is 0 Å². The van der Waals surface area contributed by atoms with Gasteiger partial charge in [0.25, 0.3) is 5.91 Å². The van der Waals surface area contributed by atoms with Gasteiger partial charge >= 0.3 is 0 Å². The first kappa shape index (κ1) is 12.0. The van der Waals surface area contributed by atoms with Gasteiger partial charge in [-0.25, -0.2) is 0 Å². The number of benzene rings is 1. The molecule has 0 saturated heterocycles. The molecule has 2 heterocycles. The molecule has 98 valence electrons. The van der Waals surface area contributed by atoms with Gasteiger partial charge in [-0.15, -0.1) is 0 Å². The predicted molar refractivity (Wildman–Crippen MR) is 73.2 cm³/mol. The summed E-state index contributed by atoms with van der Waals surface area (Å²) < 4.78 is 5.21. The van der Waals surface area contributed by atoms with Crippen LogP contribution in [0, 0.1) is 6.92 Å². The second kappa shape index (κ2) is 4.55. The zero-order valence-corrected chi connectivity index (χ0v) is 10.8. The third-order valence-corrected chi connectivity index (χ3v) is 3.40. The Bertz CT molecular complexity index is 618. The molecule has 1 amide bonds. The monoisotopic (exact) mass is 256 g/mol. The third kappa shape index (κ3) is 2.15. The lowest BCUT2D eigenvalue weighted by atomic mass is 9.98. The largest absolute Gasteiger partial charge is 0.469 e. The van der Waals surface area contributed by atoms with Crippen LogP contribution >= 0.6 is 0 Å². The molecule has 3 rings (SSSR count). The van der Waals surface area contributed by atoms with E-state index in [0.717, 1.165) is 23.4 Å². The van der Waals surface area contributed by atoms with Crippen molar-refractivity contribution >= 4 is 11.6 Å². The number of hydrogen-bond acceptors (Lipinski definition) is 3. The molecule has 0 saturated carbocycles. The van der Waals surface area contributed by atoms with Crippen molar-refractivity contribution in [3.63, 3.8) is 0 Å². The standard InChI is InChI=1S/C15H16N2O2/c1-10-6-12(9-19-10)15(18)17-8-13(16)7-11-4-2-3-5-14(11)17/h2-6,9,13H,7-8,16H2,1H3. The second-order valence-electron chi connectivity index (χ2n) is 4.95. The minimum atomic E-state index is -0.0561. The molecular weight excluding hydrogens is 240 g/mol. The maximum Gasteiger partial charge on any atom is 0.261 e. The van der Waals surface area contributed by atoms with Gasteiger partial charge in [0.2, 0.25) is 0 Å². The zero-order valence-electron chi connectivity index (χ0n) is 10.8. The molecule has 1 aromatic heterocycles. The number of furan rings is 1. The number of carbonyl (C=O) groups excluding carboxylic acids is 1. The van der Waals surface area contributed by atoms with Gasteiger partial charge < -0.3 is 15.1 Å². The highest BCUT2D eigenvalue weighted by molar-refractivity contribution is 6.06. The molecule has 0 spiro atoms. The van der Waals surface area contributed by atoms with Crippen molar-refractivity contribution in [2.45, 2.75) is 19.4 Å². The summed E-state index contributed by atoms with van der Waals surface area (Å²) in [6.45, 7) is 2.37. The van der Waals surface area contributed by atoms with Crippen molar-refractivity contribution in [2.75, 3.05) is 11.4 Å². The average Bonchev–Trinajstić information content (AvgIpc) is 2.83. The van der Waals surface area contributed by atoms with Crippen LogP contribution in [0.2, 0.25) is 0 Å². The van der Waals surface area contributed by atoms with Gasteiger partial charge in [0.05, 0.1) is 5.56 Å². The van der Waals surface area contributed by atoms with Gasteiger partial charge in [-0.3, -0.25) is 4.79 Å². The molecule has 0 radical (unpaired) electrons. The Labute approximate surface area is 111 Å². The molecule has 1 aliphatic rings. The van der Waals surface area contributed by atoms with Crippen molar-refractivity contribution in [3.8, 4) is 0 Å². The summed E-state index contributed by atoms with van der Waals surface area (Å²) in [4.78, 5) is 14.3. The molecular formula is C15H16N2O2. The summed E-state index contributed by atoms with van der Waals surface area (Å²) in [6.07, 6.45) is 2.31. The number of carbonyl (C=O) groups is 1. The van der Waals surface area contributed by atoms with Crippen LogP contribution in [0.4, 0.5) is 5.69 Å². The van der Waals surface area contributed by atoms with Crippen molar-refractivity contribution < 1.29 is 9.21 Å². The van der Waals surface area contributed by atoms with E-state index in [0.29, 0.717) is 12.1 Å². The number of rotatable bonds is 1. The van der Waals surface area contributed by atoms with E-state index >= 15 is 0 Å². The van der Waals surface area contributed by atoms with Crippen LogP contribution in [-0.4, -0.2) is 18.5 Å². The predicted octanol–water partition coefficient (Wildman–Crippen LogP) is 2.12. The van der Waals surface area contributed by atoms with E-state index in [9.17, 15) is 4.79 Å². The first-order valence-corrected chi connectivity index (χ1v) is 6.35. The first-order valence-electron chi connectivity index (χ1n) is 6.35. The molecule has 2 aromatic rings. The Morgan fingerprint density at radius 3 is 2.95 bits per heavy atom. The van der Waals surface area contributed by atoms with Crippen LogP contribution in [0.25, 0.3) is 0 Å². The lowest BCUT2D eigenvalue weighted by Crippen LogP contribution is -2.46. The Kier molecular flexibility index (Phi) is 2.87. The lowest BCUT2D eigenvalue weighted by molar-refractivity contribution is 0.0983. The van der Waals surface area contributed by atoms with Gasteiger partial charge in [0.15, 0.2) is 0 Å². The number of fused-ring (bicyclic) bond motifs is 1. The van der Waals surface area contributed by atoms with Gasteiger partial charge in [-0.1, -0.05) is 18.2 Å². The van der Waals surface area contributed by atoms with Crippen LogP contribution in [0.15, 0.2) is 41.0 Å². The fraction of sp³-hybridized carbons (Fsp3) is 0.267. The number of nitrogens with two attached hydrogens (primary N) is 1. The summed E-state index contributed by atoms with van der Waals surface area (Å²) in [7, 11) is 0. The third-order valence-electron chi connectivity index (χ3n) is 3.40. The van der Waals surface area contributed by atoms with Crippen molar-refractivity contribution in [2.24, 2.45) is 5.73 Å². The highest BCUT2D eigenvalue weighted by atomic mass is 16.3. The summed E-state index contributed by atoms with van der Waals surface area (Å²) >= 11 is 0. The SMILES string of the molecule is Cc1cc(C(=O)N2CC(N)Cc3ccccc32)co1. The molecule has 1 atom stereocenters. The van der Waals surface area contributed by atoms with E-state index in [2.05, 4.69) is 0 Å². The topological polar surface area (TPSA) is 59.5 Å². The van der Waals surface area contributed by atoms with Crippen molar-refractivity contribution in [3.05, 3.63) is 53.5 Å². The molecule has 2 N–H and O–H groups in total. The molecule has 0 aliphatic carbocycles. The fourth-order valence-electron chi connectivity index (χ4n) is 2.53. The molecule has 4 nitrogen and oxygen atoms in total. The average molecular weight is 256 g/mol. The molecule has 4 heteroatoms. The van der Waals surface area contributed by atoms with E-state index < -0.39 is 0 Å². The van der Waals surface area contributed by atoms with Gasteiger partial charge in [0, 0.05) is 18.3 Å². The Morgan fingerprint density at radius 2 is 2.21 bits per heavy atom. The smallest absolute Gasteiger partial charge is 0.261 e. The quantitative estimate of drug-likeness (QED) is 0.850. The van der Waals surface area contributed by atoms with Gasteiger partial charge in [0.1, 0.15) is 12.0 Å². The van der Waals surface area contributed by atoms with E-state index in [1.165, 1.54) is 6.26 Å². The minimum absolute atomic E-state index is 0.0214. The van der Waals surface area contributed by atoms with Crippen LogP contribution in [0.3, 0.4) is 0 Å². The summed E-state index contributed by atoms with van der Waals surface area (Å²) in [6, 6.07) is 9.64. The number of amides is 1. The molecule has 1 aromatic carbocycles. The summed E-state index contributed by atoms with van der Waals surface area (Å²) in [5.41, 5.74) is 8.69. The van der Waals surface area contributed by atoms with Crippen LogP contribution in [0.5, 0.6) is 0 Å². The van der Waals surface area contributed by atoms with E-state index in [-0.39, 0.29) is 11.9 Å². The van der Waals surface area contributed by atoms with Crippen LogP contribution in [-0.2, 0) is 6.42 Å². The van der Waals surface area contributed by atoms with Crippen LogP contribution in [0.1, 0.15) is 21.7 Å². The molecule has 0 fully saturated rings. The minimum Gasteiger partial charge on any atom is -0.469 e. The van der Waals surface area contributed by atoms with E-state index in [4.69, 9.17) is 10.2 Å². The summed E-state index contributed by atoms with van der Waals surface area (Å²) in [5.74, 6) is 0.678. The second-order valence-corrected chi connectivity index (χ2v) is 4.95. The highest BCUT2D eigenvalue weighted by Gasteiger charge is 2.27. The molecule has 1 unspecified atom stereocenters. The van der Waals surface area contributed by atoms with E-state index in [1.807, 2.05) is 31.2 Å². The van der Waals surface area contributed by atoms with E-state index in [1.54, 1.807) is 11.0 Å².